The minimum Gasteiger partial charge on any atom is -0.344 e. The van der Waals surface area contributed by atoms with Gasteiger partial charge in [0.25, 0.3) is 11.5 Å². The van der Waals surface area contributed by atoms with Crippen molar-refractivity contribution < 1.29 is 4.79 Å². The Balaban J connectivity index is 1.64. The lowest BCUT2D eigenvalue weighted by atomic mass is 9.92. The van der Waals surface area contributed by atoms with E-state index < -0.39 is 0 Å². The third-order valence-corrected chi connectivity index (χ3v) is 5.12. The van der Waals surface area contributed by atoms with Gasteiger partial charge < -0.3 is 10.3 Å². The minimum atomic E-state index is -0.265. The van der Waals surface area contributed by atoms with E-state index in [0.29, 0.717) is 5.39 Å². The highest BCUT2D eigenvalue weighted by Crippen LogP contribution is 2.32. The maximum atomic E-state index is 12.8. The summed E-state index contributed by atoms with van der Waals surface area (Å²) in [6.45, 7) is 6.38. The number of rotatable bonds is 2. The standard InChI is InChI=1S/C21H24N4O2/c1-21(2,3)25-18-10-6-9-16(15(18)12-22-25)23-20(27)17-11-13-7-4-5-8-14(13)19(26)24-17/h4-5,7-8,11-12,16H,6,9-10H2,1-3H3,(H,23,27)(H,24,26)/t16-/m0/s1. The number of benzene rings is 1. The number of hydrogen-bond donors (Lipinski definition) is 2. The van der Waals surface area contributed by atoms with Crippen LogP contribution in [0.15, 0.2) is 41.3 Å². The third kappa shape index (κ3) is 3.16. The Morgan fingerprint density at radius 2 is 2.07 bits per heavy atom. The second-order valence-corrected chi connectivity index (χ2v) is 8.15. The highest BCUT2D eigenvalue weighted by molar-refractivity contribution is 5.96. The van der Waals surface area contributed by atoms with E-state index in [1.807, 2.05) is 24.4 Å². The molecule has 0 saturated heterocycles. The first-order chi connectivity index (χ1) is 12.8. The molecule has 0 saturated carbocycles. The van der Waals surface area contributed by atoms with E-state index in [0.717, 1.165) is 30.2 Å². The molecule has 1 aromatic carbocycles. The molecule has 0 unspecified atom stereocenters. The van der Waals surface area contributed by atoms with Gasteiger partial charge in [0.15, 0.2) is 0 Å². The summed E-state index contributed by atoms with van der Waals surface area (Å²) >= 11 is 0. The van der Waals surface area contributed by atoms with E-state index in [-0.39, 0.29) is 28.7 Å². The molecule has 4 rings (SSSR count). The molecule has 1 atom stereocenters. The van der Waals surface area contributed by atoms with Crippen LogP contribution < -0.4 is 10.9 Å². The first-order valence-corrected chi connectivity index (χ1v) is 9.35. The normalized spacial score (nSPS) is 16.9. The fraction of sp³-hybridized carbons (Fsp3) is 0.381. The minimum absolute atomic E-state index is 0.0904. The zero-order valence-corrected chi connectivity index (χ0v) is 15.9. The predicted octanol–water partition coefficient (Wildman–Crippen LogP) is 3.29. The van der Waals surface area contributed by atoms with Crippen LogP contribution in [-0.2, 0) is 12.0 Å². The maximum Gasteiger partial charge on any atom is 0.268 e. The van der Waals surface area contributed by atoms with Crippen LogP contribution in [-0.4, -0.2) is 20.7 Å². The highest BCUT2D eigenvalue weighted by Gasteiger charge is 2.29. The molecule has 0 aliphatic heterocycles. The van der Waals surface area contributed by atoms with Crippen molar-refractivity contribution in [3.05, 3.63) is 63.8 Å². The van der Waals surface area contributed by atoms with Crippen molar-refractivity contribution >= 4 is 16.7 Å². The van der Waals surface area contributed by atoms with Crippen molar-refractivity contribution in [2.75, 3.05) is 0 Å². The van der Waals surface area contributed by atoms with Crippen LogP contribution >= 0.6 is 0 Å². The molecule has 6 heteroatoms. The molecule has 1 aliphatic carbocycles. The van der Waals surface area contributed by atoms with Gasteiger partial charge in [0, 0.05) is 16.6 Å². The van der Waals surface area contributed by atoms with Crippen molar-refractivity contribution in [2.45, 2.75) is 51.6 Å². The van der Waals surface area contributed by atoms with Crippen molar-refractivity contribution in [1.82, 2.24) is 20.1 Å². The number of amides is 1. The molecule has 1 amide bonds. The smallest absolute Gasteiger partial charge is 0.268 e. The largest absolute Gasteiger partial charge is 0.344 e. The second kappa shape index (κ2) is 6.37. The van der Waals surface area contributed by atoms with Crippen LogP contribution in [0.1, 0.15) is 61.4 Å². The Morgan fingerprint density at radius 1 is 1.30 bits per heavy atom. The first kappa shape index (κ1) is 17.5. The number of carbonyl (C=O) groups excluding carboxylic acids is 1. The number of nitrogens with one attached hydrogen (secondary N) is 2. The Kier molecular flexibility index (Phi) is 4.13. The van der Waals surface area contributed by atoms with Crippen LogP contribution in [0, 0.1) is 0 Å². The van der Waals surface area contributed by atoms with Crippen molar-refractivity contribution in [3.63, 3.8) is 0 Å². The number of fused-ring (bicyclic) bond motifs is 2. The van der Waals surface area contributed by atoms with E-state index in [1.54, 1.807) is 12.1 Å². The Bertz CT molecular complexity index is 1070. The lowest BCUT2D eigenvalue weighted by Crippen LogP contribution is -2.33. The molecule has 27 heavy (non-hydrogen) atoms. The molecule has 0 radical (unpaired) electrons. The quantitative estimate of drug-likeness (QED) is 0.732. The maximum absolute atomic E-state index is 12.8. The number of carbonyl (C=O) groups is 1. The topological polar surface area (TPSA) is 79.8 Å². The summed E-state index contributed by atoms with van der Waals surface area (Å²) in [5, 5.41) is 8.99. The molecule has 1 aliphatic rings. The molecule has 2 heterocycles. The summed E-state index contributed by atoms with van der Waals surface area (Å²) < 4.78 is 2.05. The van der Waals surface area contributed by atoms with Crippen LogP contribution in [0.5, 0.6) is 0 Å². The van der Waals surface area contributed by atoms with E-state index in [9.17, 15) is 9.59 Å². The van der Waals surface area contributed by atoms with Gasteiger partial charge in [-0.25, -0.2) is 0 Å². The van der Waals surface area contributed by atoms with Gasteiger partial charge in [-0.2, -0.15) is 5.10 Å². The van der Waals surface area contributed by atoms with Gasteiger partial charge in [0.2, 0.25) is 0 Å². The van der Waals surface area contributed by atoms with E-state index in [2.05, 4.69) is 40.9 Å². The molecular formula is C21H24N4O2. The summed E-state index contributed by atoms with van der Waals surface area (Å²) in [5.41, 5.74) is 2.21. The molecule has 3 aromatic rings. The molecule has 2 N–H and O–H groups in total. The van der Waals surface area contributed by atoms with Crippen molar-refractivity contribution in [3.8, 4) is 0 Å². The third-order valence-electron chi connectivity index (χ3n) is 5.12. The van der Waals surface area contributed by atoms with Crippen LogP contribution in [0.25, 0.3) is 10.8 Å². The van der Waals surface area contributed by atoms with Crippen LogP contribution in [0.3, 0.4) is 0 Å². The van der Waals surface area contributed by atoms with Crippen molar-refractivity contribution in [1.29, 1.82) is 0 Å². The summed E-state index contributed by atoms with van der Waals surface area (Å²) in [5.74, 6) is -0.265. The SMILES string of the molecule is CC(C)(C)n1ncc2c1CCC[C@@H]2NC(=O)c1cc2ccccc2c(=O)[nH]1. The van der Waals surface area contributed by atoms with Gasteiger partial charge >= 0.3 is 0 Å². The number of aromatic amines is 1. The van der Waals surface area contributed by atoms with Crippen molar-refractivity contribution in [2.24, 2.45) is 0 Å². The van der Waals surface area contributed by atoms with Gasteiger partial charge in [-0.1, -0.05) is 18.2 Å². The molecule has 0 fully saturated rings. The fourth-order valence-electron chi connectivity index (χ4n) is 3.85. The Morgan fingerprint density at radius 3 is 2.85 bits per heavy atom. The van der Waals surface area contributed by atoms with E-state index >= 15 is 0 Å². The van der Waals surface area contributed by atoms with Gasteiger partial charge in [0.05, 0.1) is 17.8 Å². The average Bonchev–Trinajstić information content (AvgIpc) is 3.07. The zero-order chi connectivity index (χ0) is 19.2. The lowest BCUT2D eigenvalue weighted by Gasteiger charge is -2.28. The molecule has 2 aromatic heterocycles. The summed E-state index contributed by atoms with van der Waals surface area (Å²) in [4.78, 5) is 27.8. The van der Waals surface area contributed by atoms with Gasteiger partial charge in [0.1, 0.15) is 5.69 Å². The number of hydrogen-bond acceptors (Lipinski definition) is 3. The monoisotopic (exact) mass is 364 g/mol. The average molecular weight is 364 g/mol. The zero-order valence-electron chi connectivity index (χ0n) is 15.9. The number of nitrogens with zero attached hydrogens (tertiary/aromatic N) is 2. The molecule has 140 valence electrons. The van der Waals surface area contributed by atoms with E-state index in [1.165, 1.54) is 5.69 Å². The highest BCUT2D eigenvalue weighted by atomic mass is 16.2. The Hall–Kier alpha value is -2.89. The first-order valence-electron chi connectivity index (χ1n) is 9.35. The van der Waals surface area contributed by atoms with Crippen LogP contribution in [0.4, 0.5) is 0 Å². The molecular weight excluding hydrogens is 340 g/mol. The summed E-state index contributed by atoms with van der Waals surface area (Å²) in [7, 11) is 0. The summed E-state index contributed by atoms with van der Waals surface area (Å²) in [6, 6.07) is 8.91. The molecule has 6 nitrogen and oxygen atoms in total. The number of aromatic nitrogens is 3. The Labute approximate surface area is 157 Å². The predicted molar refractivity (Wildman–Crippen MR) is 105 cm³/mol. The van der Waals surface area contributed by atoms with Gasteiger partial charge in [-0.05, 0) is 57.6 Å². The number of pyridine rings is 1. The van der Waals surface area contributed by atoms with E-state index in [4.69, 9.17) is 0 Å². The second-order valence-electron chi connectivity index (χ2n) is 8.15. The number of H-pyrrole nitrogens is 1. The lowest BCUT2D eigenvalue weighted by molar-refractivity contribution is 0.0927. The molecule has 0 spiro atoms. The van der Waals surface area contributed by atoms with Gasteiger partial charge in [-0.3, -0.25) is 14.3 Å². The van der Waals surface area contributed by atoms with Gasteiger partial charge in [-0.15, -0.1) is 0 Å². The fourth-order valence-corrected chi connectivity index (χ4v) is 3.85. The molecule has 0 bridgehead atoms. The summed E-state index contributed by atoms with van der Waals surface area (Å²) in [6.07, 6.45) is 4.69. The van der Waals surface area contributed by atoms with Crippen LogP contribution in [0.2, 0.25) is 0 Å².